The van der Waals surface area contributed by atoms with Crippen molar-refractivity contribution in [2.45, 2.75) is 88.2 Å². The molecule has 0 radical (unpaired) electrons. The Morgan fingerprint density at radius 2 is 1.52 bits per heavy atom. The van der Waals surface area contributed by atoms with Gasteiger partial charge in [-0.15, -0.1) is 0 Å². The van der Waals surface area contributed by atoms with Crippen LogP contribution in [0.5, 0.6) is 17.2 Å². The number of benzene rings is 4. The average molecular weight is 859 g/mol. The minimum atomic E-state index is -0.718. The third-order valence-electron chi connectivity index (χ3n) is 13.4. The van der Waals surface area contributed by atoms with Gasteiger partial charge in [-0.2, -0.15) is 0 Å². The number of hydrogen-bond donors (Lipinski definition) is 2. The number of nitrogens with zero attached hydrogens (tertiary/aromatic N) is 3. The summed E-state index contributed by atoms with van der Waals surface area (Å²) in [5, 5.41) is 11.8. The Hall–Kier alpha value is -5.43. The number of anilines is 1. The van der Waals surface area contributed by atoms with Gasteiger partial charge in [0.2, 0.25) is 5.91 Å². The number of aldehydes is 1. The number of nitrogens with one attached hydrogen (secondary N) is 1. The molecule has 12 heteroatoms. The number of piperidine rings is 2. The van der Waals surface area contributed by atoms with Gasteiger partial charge in [0.1, 0.15) is 30.3 Å². The van der Waals surface area contributed by atoms with Gasteiger partial charge in [0, 0.05) is 94.6 Å². The molecule has 4 aromatic carbocycles. The molecule has 0 bridgehead atoms. The molecule has 3 saturated heterocycles. The maximum Gasteiger partial charge on any atom is 0.255 e. The summed E-state index contributed by atoms with van der Waals surface area (Å²) in [4.78, 5) is 43.3. The third kappa shape index (κ3) is 10.5. The number of para-hydroxylation sites is 1. The van der Waals surface area contributed by atoms with E-state index >= 15 is 0 Å². The van der Waals surface area contributed by atoms with Crippen LogP contribution in [0.3, 0.4) is 0 Å². The van der Waals surface area contributed by atoms with Crippen molar-refractivity contribution in [1.82, 2.24) is 15.1 Å². The lowest BCUT2D eigenvalue weighted by Gasteiger charge is -2.47. The van der Waals surface area contributed by atoms with Crippen LogP contribution in [0.1, 0.15) is 78.4 Å². The van der Waals surface area contributed by atoms with E-state index < -0.39 is 17.4 Å². The van der Waals surface area contributed by atoms with Crippen LogP contribution >= 0.6 is 0 Å². The van der Waals surface area contributed by atoms with Gasteiger partial charge in [-0.05, 0) is 79.6 Å². The lowest BCUT2D eigenvalue weighted by atomic mass is 9.90. The monoisotopic (exact) mass is 858 g/mol. The van der Waals surface area contributed by atoms with Crippen molar-refractivity contribution in [3.05, 3.63) is 119 Å². The number of phenolic OH excluding ortho intramolecular Hbond substituents is 1. The second kappa shape index (κ2) is 20.4. The second-order valence-electron chi connectivity index (χ2n) is 17.6. The Bertz CT molecular complexity index is 2120. The Labute approximate surface area is 371 Å². The van der Waals surface area contributed by atoms with Crippen LogP contribution in [-0.4, -0.2) is 110 Å². The molecule has 0 unspecified atom stereocenters. The average Bonchev–Trinajstić information content (AvgIpc) is 3.67. The second-order valence-corrected chi connectivity index (χ2v) is 17.6. The zero-order valence-corrected chi connectivity index (χ0v) is 36.6. The molecule has 3 fully saturated rings. The number of carbonyl (C=O) groups excluding carboxylic acids is 3. The van der Waals surface area contributed by atoms with Crippen LogP contribution in [0, 0.1) is 5.92 Å². The van der Waals surface area contributed by atoms with Crippen molar-refractivity contribution in [3.8, 4) is 17.2 Å². The molecule has 2 amide bonds. The third-order valence-corrected chi connectivity index (χ3v) is 13.4. The molecule has 2 N–H and O–H groups in total. The predicted molar refractivity (Wildman–Crippen MR) is 241 cm³/mol. The number of phenols is 1. The fraction of sp³-hybridized carbons (Fsp3) is 0.471. The predicted octanol–water partition coefficient (Wildman–Crippen LogP) is 6.96. The standard InChI is InChI=1S/C35H44N4O7.C10H12O.C6H6/c1-36-32(41)29(8-5-19-40)39-21-28-27(33(39)42)9-10-30-31(28)43-24-34(46-30)11-15-37(16-12-34)20-25-22-44-35(45-23-25)13-17-38(18-14-35)26-6-3-2-4-7-26;11-10-6-5-8-3-1-2-4-9(8)7-10;1-2-4-6-5-3-1/h2-4,6-7,9-10,19,25,29H,5,8,11-18,20-24H2,1H3,(H,36,41);5-7,11H,1-4H2;1-6H/t29-;;/m0../s1. The molecular weight excluding hydrogens is 797 g/mol. The molecule has 0 aromatic heterocycles. The number of aromatic hydroxyl groups is 1. The maximum atomic E-state index is 13.3. The summed E-state index contributed by atoms with van der Waals surface area (Å²) in [5.41, 5.74) is 4.88. The molecule has 12 nitrogen and oxygen atoms in total. The van der Waals surface area contributed by atoms with E-state index in [1.807, 2.05) is 54.6 Å². The van der Waals surface area contributed by atoms with Crippen LogP contribution in [-0.2, 0) is 38.4 Å². The first-order chi connectivity index (χ1) is 30.8. The van der Waals surface area contributed by atoms with Gasteiger partial charge >= 0.3 is 0 Å². The van der Waals surface area contributed by atoms with Crippen molar-refractivity contribution in [1.29, 1.82) is 0 Å². The molecule has 334 valence electrons. The van der Waals surface area contributed by atoms with Crippen LogP contribution < -0.4 is 19.7 Å². The minimum absolute atomic E-state index is 0.199. The van der Waals surface area contributed by atoms with Crippen LogP contribution in [0.15, 0.2) is 97.1 Å². The van der Waals surface area contributed by atoms with E-state index in [1.54, 1.807) is 12.1 Å². The molecule has 6 aliphatic rings. The quantitative estimate of drug-likeness (QED) is 0.180. The van der Waals surface area contributed by atoms with Gasteiger partial charge in [0.05, 0.1) is 19.8 Å². The van der Waals surface area contributed by atoms with Crippen molar-refractivity contribution < 1.29 is 38.4 Å². The van der Waals surface area contributed by atoms with Gasteiger partial charge in [0.25, 0.3) is 5.91 Å². The Morgan fingerprint density at radius 3 is 2.19 bits per heavy atom. The molecule has 63 heavy (non-hydrogen) atoms. The number of hydrogen-bond acceptors (Lipinski definition) is 10. The lowest BCUT2D eigenvalue weighted by Crippen LogP contribution is -2.56. The molecule has 0 saturated carbocycles. The van der Waals surface area contributed by atoms with Crippen LogP contribution in [0.2, 0.25) is 0 Å². The van der Waals surface area contributed by atoms with E-state index in [4.69, 9.17) is 18.9 Å². The summed E-state index contributed by atoms with van der Waals surface area (Å²) in [6.07, 6.45) is 9.59. The van der Waals surface area contributed by atoms with Crippen LogP contribution in [0.25, 0.3) is 0 Å². The van der Waals surface area contributed by atoms with Gasteiger partial charge < -0.3 is 48.9 Å². The number of ether oxygens (including phenoxy) is 4. The molecule has 1 atom stereocenters. The summed E-state index contributed by atoms with van der Waals surface area (Å²) in [6, 6.07) is 31.1. The molecule has 4 aromatic rings. The smallest absolute Gasteiger partial charge is 0.255 e. The molecule has 5 aliphatic heterocycles. The van der Waals surface area contributed by atoms with Gasteiger partial charge in [-0.3, -0.25) is 9.59 Å². The maximum absolute atomic E-state index is 13.3. The SMILES string of the molecule is CNC(=O)[C@H](CCC=O)N1Cc2c(ccc3c2OCC2(CCN(CC4COC5(CCN(c6ccccc6)CC5)OC4)CC2)O3)C1=O.Oc1ccc2c(c1)CCCC2.c1ccccc1. The van der Waals surface area contributed by atoms with Crippen molar-refractivity contribution in [2.75, 3.05) is 64.5 Å². The highest BCUT2D eigenvalue weighted by Gasteiger charge is 2.46. The highest BCUT2D eigenvalue weighted by Crippen LogP contribution is 2.46. The Morgan fingerprint density at radius 1 is 0.857 bits per heavy atom. The zero-order valence-electron chi connectivity index (χ0n) is 36.6. The van der Waals surface area contributed by atoms with Crippen LogP contribution in [0.4, 0.5) is 5.69 Å². The first kappa shape index (κ1) is 44.2. The summed E-state index contributed by atoms with van der Waals surface area (Å²) in [7, 11) is 1.54. The first-order valence-electron chi connectivity index (χ1n) is 22.8. The number of carbonyl (C=O) groups is 3. The van der Waals surface area contributed by atoms with Gasteiger partial charge in [0.15, 0.2) is 17.3 Å². The largest absolute Gasteiger partial charge is 0.508 e. The summed E-state index contributed by atoms with van der Waals surface area (Å²) < 4.78 is 25.8. The number of aryl methyl sites for hydroxylation is 2. The fourth-order valence-corrected chi connectivity index (χ4v) is 9.77. The van der Waals surface area contributed by atoms with E-state index in [9.17, 15) is 19.5 Å². The van der Waals surface area contributed by atoms with E-state index in [2.05, 4.69) is 45.4 Å². The molecule has 2 spiro atoms. The number of likely N-dealkylation sites (tertiary alicyclic amines) is 1. The summed E-state index contributed by atoms with van der Waals surface area (Å²) >= 11 is 0. The van der Waals surface area contributed by atoms with Crippen molar-refractivity contribution in [3.63, 3.8) is 0 Å². The van der Waals surface area contributed by atoms with Gasteiger partial charge in [-0.25, -0.2) is 0 Å². The molecule has 10 rings (SSSR count). The Balaban J connectivity index is 0.000000264. The number of rotatable bonds is 8. The summed E-state index contributed by atoms with van der Waals surface area (Å²) in [6.45, 7) is 6.70. The molecule has 1 aliphatic carbocycles. The summed E-state index contributed by atoms with van der Waals surface area (Å²) in [5.74, 6) is 1.02. The van der Waals surface area contributed by atoms with Crippen molar-refractivity contribution in [2.24, 2.45) is 5.92 Å². The Kier molecular flexibility index (Phi) is 14.3. The number of amides is 2. The van der Waals surface area contributed by atoms with Gasteiger partial charge in [-0.1, -0.05) is 60.7 Å². The normalized spacial score (nSPS) is 20.3. The van der Waals surface area contributed by atoms with E-state index in [0.29, 0.717) is 35.3 Å². The van der Waals surface area contributed by atoms with Crippen molar-refractivity contribution >= 4 is 23.8 Å². The first-order valence-corrected chi connectivity index (χ1v) is 22.8. The molecule has 5 heterocycles. The van der Waals surface area contributed by atoms with E-state index in [-0.39, 0.29) is 31.2 Å². The highest BCUT2D eigenvalue weighted by molar-refractivity contribution is 6.02. The molecular formula is C51H62N4O8. The minimum Gasteiger partial charge on any atom is -0.508 e. The zero-order chi connectivity index (χ0) is 43.7. The van der Waals surface area contributed by atoms with E-state index in [0.717, 1.165) is 89.9 Å². The highest BCUT2D eigenvalue weighted by atomic mass is 16.7. The van der Waals surface area contributed by atoms with E-state index in [1.165, 1.54) is 48.0 Å². The number of fused-ring (bicyclic) bond motifs is 4. The fourth-order valence-electron chi connectivity index (χ4n) is 9.77. The topological polar surface area (TPSA) is 130 Å². The number of likely N-dealkylation sites (N-methyl/N-ethyl adjacent to an activating group) is 1. The lowest BCUT2D eigenvalue weighted by molar-refractivity contribution is -0.292.